The molecule has 0 aliphatic carbocycles. The second kappa shape index (κ2) is 9.68. The average Bonchev–Trinajstić information content (AvgIpc) is 3.50. The molecule has 168 valence electrons. The van der Waals surface area contributed by atoms with Gasteiger partial charge in [-0.3, -0.25) is 14.3 Å². The van der Waals surface area contributed by atoms with E-state index in [0.29, 0.717) is 23.7 Å². The smallest absolute Gasteiger partial charge is 0.199 e. The number of likely N-dealkylation sites (tertiary alicyclic amines) is 1. The third-order valence-electron chi connectivity index (χ3n) is 6.20. The molecule has 33 heavy (non-hydrogen) atoms. The molecule has 0 bridgehead atoms. The van der Waals surface area contributed by atoms with Gasteiger partial charge in [0, 0.05) is 24.6 Å². The number of piperidine rings is 1. The van der Waals surface area contributed by atoms with Crippen molar-refractivity contribution in [3.05, 3.63) is 95.0 Å². The number of nitrogens with zero attached hydrogens (tertiary/aromatic N) is 4. The Labute approximate surface area is 198 Å². The van der Waals surface area contributed by atoms with E-state index in [1.54, 1.807) is 6.26 Å². The van der Waals surface area contributed by atoms with E-state index in [0.717, 1.165) is 42.9 Å². The third kappa shape index (κ3) is 4.74. The van der Waals surface area contributed by atoms with E-state index in [1.807, 2.05) is 69.9 Å². The number of carbonyl (C=O) groups excluding carboxylic acids is 1. The van der Waals surface area contributed by atoms with Crippen LogP contribution >= 0.6 is 12.2 Å². The minimum atomic E-state index is 0.0749. The first-order valence-corrected chi connectivity index (χ1v) is 11.7. The number of furan rings is 1. The molecule has 1 aliphatic heterocycles. The number of ketones is 1. The number of benzene rings is 2. The fourth-order valence-corrected chi connectivity index (χ4v) is 4.64. The van der Waals surface area contributed by atoms with Crippen LogP contribution in [-0.4, -0.2) is 38.1 Å². The molecule has 0 N–H and O–H groups in total. The van der Waals surface area contributed by atoms with Gasteiger partial charge >= 0.3 is 0 Å². The van der Waals surface area contributed by atoms with Gasteiger partial charge in [-0.05, 0) is 42.8 Å². The van der Waals surface area contributed by atoms with Crippen LogP contribution in [0, 0.1) is 10.7 Å². The molecule has 3 heterocycles. The quantitative estimate of drug-likeness (QED) is 0.279. The Morgan fingerprint density at radius 1 is 0.970 bits per heavy atom. The maximum atomic E-state index is 12.8. The van der Waals surface area contributed by atoms with Crippen LogP contribution in [0.25, 0.3) is 11.6 Å². The van der Waals surface area contributed by atoms with Gasteiger partial charge in [0.2, 0.25) is 0 Å². The van der Waals surface area contributed by atoms with Crippen molar-refractivity contribution in [3.63, 3.8) is 0 Å². The fourth-order valence-electron chi connectivity index (χ4n) is 4.39. The minimum Gasteiger partial charge on any atom is -0.461 e. The SMILES string of the molecule is O=C(c1ccccc1)C1CCN(Cn2nc(-c3ccco3)n(Cc3ccccc3)c2=S)CC1. The molecule has 0 spiro atoms. The van der Waals surface area contributed by atoms with E-state index in [1.165, 1.54) is 0 Å². The van der Waals surface area contributed by atoms with Crippen LogP contribution in [0.1, 0.15) is 28.8 Å². The van der Waals surface area contributed by atoms with Crippen LogP contribution in [0.5, 0.6) is 0 Å². The number of hydrogen-bond donors (Lipinski definition) is 0. The van der Waals surface area contributed by atoms with Crippen molar-refractivity contribution in [2.24, 2.45) is 5.92 Å². The van der Waals surface area contributed by atoms with Crippen LogP contribution in [0.4, 0.5) is 0 Å². The zero-order valence-corrected chi connectivity index (χ0v) is 19.2. The highest BCUT2D eigenvalue weighted by Gasteiger charge is 2.26. The number of aromatic nitrogens is 3. The van der Waals surface area contributed by atoms with Crippen LogP contribution in [0.3, 0.4) is 0 Å². The van der Waals surface area contributed by atoms with E-state index < -0.39 is 0 Å². The van der Waals surface area contributed by atoms with E-state index in [4.69, 9.17) is 21.7 Å². The molecule has 0 unspecified atom stereocenters. The molecule has 2 aromatic heterocycles. The van der Waals surface area contributed by atoms with Crippen LogP contribution in [0.15, 0.2) is 83.5 Å². The molecule has 4 aromatic rings. The molecule has 1 fully saturated rings. The molecule has 0 amide bonds. The summed E-state index contributed by atoms with van der Waals surface area (Å²) >= 11 is 5.82. The molecule has 0 atom stereocenters. The van der Waals surface area contributed by atoms with Gasteiger partial charge < -0.3 is 4.42 Å². The zero-order valence-electron chi connectivity index (χ0n) is 18.3. The summed E-state index contributed by atoms with van der Waals surface area (Å²) in [5.41, 5.74) is 1.96. The van der Waals surface area contributed by atoms with Crippen molar-refractivity contribution >= 4 is 18.0 Å². The summed E-state index contributed by atoms with van der Waals surface area (Å²) in [6, 6.07) is 23.6. The monoisotopic (exact) mass is 458 g/mol. The summed E-state index contributed by atoms with van der Waals surface area (Å²) in [5, 5.41) is 4.82. The van der Waals surface area contributed by atoms with Gasteiger partial charge in [-0.25, -0.2) is 4.68 Å². The number of hydrogen-bond acceptors (Lipinski definition) is 5. The first kappa shape index (κ1) is 21.6. The van der Waals surface area contributed by atoms with Gasteiger partial charge in [0.1, 0.15) is 0 Å². The van der Waals surface area contributed by atoms with Crippen molar-refractivity contribution in [3.8, 4) is 11.6 Å². The maximum absolute atomic E-state index is 12.8. The standard InChI is InChI=1S/C26H26N4O2S/c31-24(21-10-5-2-6-11-21)22-13-15-28(16-14-22)19-30-26(33)29(18-20-8-3-1-4-9-20)25(27-30)23-12-7-17-32-23/h1-12,17,22H,13-16,18-19H2. The molecular formula is C26H26N4O2S. The Hall–Kier alpha value is -3.29. The van der Waals surface area contributed by atoms with E-state index in [-0.39, 0.29) is 11.7 Å². The summed E-state index contributed by atoms with van der Waals surface area (Å²) in [5.74, 6) is 1.75. The molecule has 7 heteroatoms. The Balaban J connectivity index is 1.31. The van der Waals surface area contributed by atoms with Crippen molar-refractivity contribution < 1.29 is 9.21 Å². The summed E-state index contributed by atoms with van der Waals surface area (Å²) in [6.07, 6.45) is 3.34. The predicted octanol–water partition coefficient (Wildman–Crippen LogP) is 5.27. The highest BCUT2D eigenvalue weighted by Crippen LogP contribution is 2.24. The molecule has 2 aromatic carbocycles. The van der Waals surface area contributed by atoms with E-state index >= 15 is 0 Å². The molecule has 0 radical (unpaired) electrons. The highest BCUT2D eigenvalue weighted by molar-refractivity contribution is 7.71. The molecule has 0 saturated carbocycles. The lowest BCUT2D eigenvalue weighted by molar-refractivity contribution is 0.0803. The summed E-state index contributed by atoms with van der Waals surface area (Å²) in [6.45, 7) is 2.91. The van der Waals surface area contributed by atoms with Crippen molar-refractivity contribution in [2.45, 2.75) is 26.1 Å². The van der Waals surface area contributed by atoms with Crippen molar-refractivity contribution in [1.29, 1.82) is 0 Å². The Bertz CT molecular complexity index is 1250. The van der Waals surface area contributed by atoms with Crippen molar-refractivity contribution in [1.82, 2.24) is 19.2 Å². The molecule has 1 saturated heterocycles. The first-order valence-electron chi connectivity index (χ1n) is 11.3. The Kier molecular flexibility index (Phi) is 6.32. The summed E-state index contributed by atoms with van der Waals surface area (Å²) in [7, 11) is 0. The lowest BCUT2D eigenvalue weighted by atomic mass is 9.89. The number of rotatable bonds is 7. The van der Waals surface area contributed by atoms with Gasteiger partial charge in [0.25, 0.3) is 0 Å². The normalized spacial score (nSPS) is 15.0. The second-order valence-corrected chi connectivity index (χ2v) is 8.78. The van der Waals surface area contributed by atoms with Crippen LogP contribution < -0.4 is 0 Å². The highest BCUT2D eigenvalue weighted by atomic mass is 32.1. The molecule has 1 aliphatic rings. The fraction of sp³-hybridized carbons (Fsp3) is 0.269. The van der Waals surface area contributed by atoms with Gasteiger partial charge in [0.05, 0.1) is 19.5 Å². The Morgan fingerprint density at radius 3 is 2.33 bits per heavy atom. The number of Topliss-reactive ketones (excluding diaryl/α,β-unsaturated/α-hetero) is 1. The van der Waals surface area contributed by atoms with Gasteiger partial charge in [-0.15, -0.1) is 5.10 Å². The number of carbonyl (C=O) groups is 1. The summed E-state index contributed by atoms with van der Waals surface area (Å²) in [4.78, 5) is 15.1. The van der Waals surface area contributed by atoms with Crippen LogP contribution in [0.2, 0.25) is 0 Å². The van der Waals surface area contributed by atoms with Gasteiger partial charge in [0.15, 0.2) is 22.1 Å². The lowest BCUT2D eigenvalue weighted by Gasteiger charge is -2.30. The zero-order chi connectivity index (χ0) is 22.6. The maximum Gasteiger partial charge on any atom is 0.199 e. The topological polar surface area (TPSA) is 56.2 Å². The first-order chi connectivity index (χ1) is 16.2. The summed E-state index contributed by atoms with van der Waals surface area (Å²) < 4.78 is 10.2. The van der Waals surface area contributed by atoms with E-state index in [2.05, 4.69) is 17.0 Å². The average molecular weight is 459 g/mol. The van der Waals surface area contributed by atoms with Crippen molar-refractivity contribution in [2.75, 3.05) is 13.1 Å². The minimum absolute atomic E-state index is 0.0749. The molecule has 5 rings (SSSR count). The van der Waals surface area contributed by atoms with E-state index in [9.17, 15) is 4.79 Å². The molecular weight excluding hydrogens is 432 g/mol. The Morgan fingerprint density at radius 2 is 1.67 bits per heavy atom. The molecule has 6 nitrogen and oxygen atoms in total. The predicted molar refractivity (Wildman–Crippen MR) is 129 cm³/mol. The third-order valence-corrected chi connectivity index (χ3v) is 6.63. The van der Waals surface area contributed by atoms with Gasteiger partial charge in [-0.2, -0.15) is 0 Å². The van der Waals surface area contributed by atoms with Gasteiger partial charge in [-0.1, -0.05) is 60.7 Å². The second-order valence-electron chi connectivity index (χ2n) is 8.42. The lowest BCUT2D eigenvalue weighted by Crippen LogP contribution is -2.37. The van der Waals surface area contributed by atoms with Crippen LogP contribution in [-0.2, 0) is 13.2 Å². The largest absolute Gasteiger partial charge is 0.461 e.